The Morgan fingerprint density at radius 1 is 0.914 bits per heavy atom. The number of unbranched alkanes of at least 4 members (excludes halogenated alkanes) is 2. The summed E-state index contributed by atoms with van der Waals surface area (Å²) in [6, 6.07) is 24.3. The summed E-state index contributed by atoms with van der Waals surface area (Å²) in [5, 5.41) is 0. The summed E-state index contributed by atoms with van der Waals surface area (Å²) >= 11 is 0. The van der Waals surface area contributed by atoms with E-state index in [1.54, 1.807) is 6.07 Å². The fourth-order valence-corrected chi connectivity index (χ4v) is 4.15. The minimum atomic E-state index is -0.704. The lowest BCUT2D eigenvalue weighted by Crippen LogP contribution is -2.26. The molecule has 0 aliphatic carbocycles. The van der Waals surface area contributed by atoms with Gasteiger partial charge < -0.3 is 14.0 Å². The predicted octanol–water partition coefficient (Wildman–Crippen LogP) is 7.80. The second-order valence-corrected chi connectivity index (χ2v) is 9.82. The van der Waals surface area contributed by atoms with E-state index < -0.39 is 11.8 Å². The molecule has 0 unspecified atom stereocenters. The number of ether oxygens (including phenoxy) is 2. The maximum absolute atomic E-state index is 12.2. The molecule has 0 bridgehead atoms. The van der Waals surface area contributed by atoms with E-state index in [9.17, 15) is 4.79 Å². The molecule has 0 spiro atoms. The summed E-state index contributed by atoms with van der Waals surface area (Å²) in [4.78, 5) is 17.1. The zero-order chi connectivity index (χ0) is 24.8. The van der Waals surface area contributed by atoms with Gasteiger partial charge in [-0.25, -0.2) is 9.78 Å². The smallest absolute Gasteiger partial charge is 0.428 e. The van der Waals surface area contributed by atoms with E-state index in [2.05, 4.69) is 54.0 Å². The molecule has 0 saturated heterocycles. The largest absolute Gasteiger partial charge is 0.514 e. The minimum absolute atomic E-state index is 0.480. The molecule has 3 aromatic carbocycles. The first kappa shape index (κ1) is 24.5. The molecule has 0 aliphatic heterocycles. The van der Waals surface area contributed by atoms with Crippen molar-refractivity contribution in [2.24, 2.45) is 0 Å². The van der Waals surface area contributed by atoms with E-state index in [0.717, 1.165) is 41.9 Å². The number of carbonyl (C=O) groups is 1. The second-order valence-electron chi connectivity index (χ2n) is 9.82. The number of imidazole rings is 1. The molecular formula is C30H34N2O3. The highest BCUT2D eigenvalue weighted by Gasteiger charge is 2.19. The van der Waals surface area contributed by atoms with E-state index in [4.69, 9.17) is 14.5 Å². The van der Waals surface area contributed by atoms with Crippen LogP contribution < -0.4 is 4.74 Å². The molecule has 5 heteroatoms. The Morgan fingerprint density at radius 3 is 2.37 bits per heavy atom. The number of benzene rings is 3. The van der Waals surface area contributed by atoms with Crippen LogP contribution in [0.1, 0.15) is 58.3 Å². The van der Waals surface area contributed by atoms with Crippen LogP contribution in [-0.4, -0.2) is 21.3 Å². The summed E-state index contributed by atoms with van der Waals surface area (Å²) in [5.41, 5.74) is 4.62. The van der Waals surface area contributed by atoms with Crippen molar-refractivity contribution in [3.63, 3.8) is 0 Å². The number of para-hydroxylation sites is 3. The number of rotatable bonds is 8. The first-order valence-corrected chi connectivity index (χ1v) is 12.4. The molecule has 0 fully saturated rings. The van der Waals surface area contributed by atoms with Crippen molar-refractivity contribution >= 4 is 17.2 Å². The van der Waals surface area contributed by atoms with Gasteiger partial charge >= 0.3 is 6.16 Å². The van der Waals surface area contributed by atoms with Crippen molar-refractivity contribution in [2.45, 2.75) is 65.5 Å². The number of carbonyl (C=O) groups excluding carboxylic acids is 1. The number of aromatic nitrogens is 2. The standard InChI is InChI=1S/C30H34N2O3/c1-5-6-7-16-28-31-25-13-9-10-14-26(25)32(28)21-22-17-19-23(20-18-22)24-12-8-11-15-27(24)34-29(33)35-30(2,3)4/h8-15,17-20H,5-7,16,21H2,1-4H3. The van der Waals surface area contributed by atoms with Crippen LogP contribution in [0, 0.1) is 0 Å². The third-order valence-corrected chi connectivity index (χ3v) is 5.81. The maximum Gasteiger partial charge on any atom is 0.514 e. The van der Waals surface area contributed by atoms with Crippen LogP contribution in [0.25, 0.3) is 22.2 Å². The van der Waals surface area contributed by atoms with Gasteiger partial charge in [0, 0.05) is 18.5 Å². The Labute approximate surface area is 207 Å². The molecule has 4 aromatic rings. The Kier molecular flexibility index (Phi) is 7.54. The monoisotopic (exact) mass is 470 g/mol. The fourth-order valence-electron chi connectivity index (χ4n) is 4.15. The molecule has 0 aliphatic rings. The summed E-state index contributed by atoms with van der Waals surface area (Å²) in [5.74, 6) is 1.62. The Bertz CT molecular complexity index is 1280. The van der Waals surface area contributed by atoms with Crippen LogP contribution in [0.5, 0.6) is 5.75 Å². The quantitative estimate of drug-likeness (QED) is 0.150. The van der Waals surface area contributed by atoms with Gasteiger partial charge in [-0.3, -0.25) is 0 Å². The lowest BCUT2D eigenvalue weighted by molar-refractivity contribution is 0.0207. The van der Waals surface area contributed by atoms with E-state index in [1.165, 1.54) is 23.9 Å². The normalized spacial score (nSPS) is 11.5. The second kappa shape index (κ2) is 10.8. The van der Waals surface area contributed by atoms with Gasteiger partial charge in [-0.15, -0.1) is 0 Å². The molecular weight excluding hydrogens is 436 g/mol. The van der Waals surface area contributed by atoms with Gasteiger partial charge in [0.1, 0.15) is 17.2 Å². The molecule has 182 valence electrons. The molecule has 0 N–H and O–H groups in total. The number of nitrogens with zero attached hydrogens (tertiary/aromatic N) is 2. The third kappa shape index (κ3) is 6.30. The van der Waals surface area contributed by atoms with Crippen LogP contribution in [0.2, 0.25) is 0 Å². The molecule has 4 rings (SSSR count). The molecule has 0 atom stereocenters. The average Bonchev–Trinajstić information content (AvgIpc) is 3.16. The van der Waals surface area contributed by atoms with Gasteiger partial charge in [-0.1, -0.05) is 74.4 Å². The zero-order valence-electron chi connectivity index (χ0n) is 21.1. The molecule has 1 heterocycles. The first-order chi connectivity index (χ1) is 16.8. The van der Waals surface area contributed by atoms with Gasteiger partial charge in [-0.2, -0.15) is 0 Å². The van der Waals surface area contributed by atoms with Crippen LogP contribution in [0.15, 0.2) is 72.8 Å². The van der Waals surface area contributed by atoms with Crippen molar-refractivity contribution in [3.05, 3.63) is 84.2 Å². The number of hydrogen-bond donors (Lipinski definition) is 0. The molecule has 35 heavy (non-hydrogen) atoms. The highest BCUT2D eigenvalue weighted by molar-refractivity contribution is 5.76. The average molecular weight is 471 g/mol. The Hall–Kier alpha value is -3.60. The van der Waals surface area contributed by atoms with E-state index in [1.807, 2.05) is 45.0 Å². The van der Waals surface area contributed by atoms with Crippen molar-refractivity contribution in [3.8, 4) is 16.9 Å². The third-order valence-electron chi connectivity index (χ3n) is 5.81. The summed E-state index contributed by atoms with van der Waals surface area (Å²) in [6.45, 7) is 8.44. The molecule has 0 radical (unpaired) electrons. The van der Waals surface area contributed by atoms with Crippen molar-refractivity contribution in [1.82, 2.24) is 9.55 Å². The van der Waals surface area contributed by atoms with Crippen LogP contribution in [-0.2, 0) is 17.7 Å². The van der Waals surface area contributed by atoms with E-state index >= 15 is 0 Å². The summed E-state index contributed by atoms with van der Waals surface area (Å²) in [7, 11) is 0. The molecule has 1 aromatic heterocycles. The van der Waals surface area contributed by atoms with Gasteiger partial charge in [0.15, 0.2) is 0 Å². The highest BCUT2D eigenvalue weighted by atomic mass is 16.7. The van der Waals surface area contributed by atoms with Crippen LogP contribution >= 0.6 is 0 Å². The highest BCUT2D eigenvalue weighted by Crippen LogP contribution is 2.31. The SMILES string of the molecule is CCCCCc1nc2ccccc2n1Cc1ccc(-c2ccccc2OC(=O)OC(C)(C)C)cc1. The van der Waals surface area contributed by atoms with Crippen molar-refractivity contribution < 1.29 is 14.3 Å². The lowest BCUT2D eigenvalue weighted by atomic mass is 10.0. The maximum atomic E-state index is 12.2. The van der Waals surface area contributed by atoms with Gasteiger partial charge in [0.05, 0.1) is 11.0 Å². The van der Waals surface area contributed by atoms with E-state index in [0.29, 0.717) is 5.75 Å². The van der Waals surface area contributed by atoms with Gasteiger partial charge in [0.2, 0.25) is 0 Å². The fraction of sp³-hybridized carbons (Fsp3) is 0.333. The minimum Gasteiger partial charge on any atom is -0.428 e. The topological polar surface area (TPSA) is 53.4 Å². The zero-order valence-corrected chi connectivity index (χ0v) is 21.1. The van der Waals surface area contributed by atoms with Crippen molar-refractivity contribution in [1.29, 1.82) is 0 Å². The molecule has 0 saturated carbocycles. The summed E-state index contributed by atoms with van der Waals surface area (Å²) < 4.78 is 13.2. The summed E-state index contributed by atoms with van der Waals surface area (Å²) in [6.07, 6.45) is 3.83. The van der Waals surface area contributed by atoms with Crippen LogP contribution in [0.3, 0.4) is 0 Å². The Morgan fingerprint density at radius 2 is 1.63 bits per heavy atom. The van der Waals surface area contributed by atoms with Gasteiger partial charge in [0.25, 0.3) is 0 Å². The Balaban J connectivity index is 1.56. The molecule has 0 amide bonds. The predicted molar refractivity (Wildman–Crippen MR) is 141 cm³/mol. The number of fused-ring (bicyclic) bond motifs is 1. The van der Waals surface area contributed by atoms with E-state index in [-0.39, 0.29) is 0 Å². The number of aryl methyl sites for hydroxylation is 1. The first-order valence-electron chi connectivity index (χ1n) is 12.4. The van der Waals surface area contributed by atoms with Crippen LogP contribution in [0.4, 0.5) is 4.79 Å². The molecule has 5 nitrogen and oxygen atoms in total. The van der Waals surface area contributed by atoms with Crippen molar-refractivity contribution in [2.75, 3.05) is 0 Å². The number of hydrogen-bond acceptors (Lipinski definition) is 4. The van der Waals surface area contributed by atoms with Gasteiger partial charge in [-0.05, 0) is 56.5 Å². The lowest BCUT2D eigenvalue weighted by Gasteiger charge is -2.19.